The third-order valence-corrected chi connectivity index (χ3v) is 3.57. The fourth-order valence-electron chi connectivity index (χ4n) is 2.46. The van der Waals surface area contributed by atoms with Crippen molar-refractivity contribution in [2.75, 3.05) is 32.8 Å². The first-order valence-electron chi connectivity index (χ1n) is 7.26. The molecule has 0 aliphatic carbocycles. The van der Waals surface area contributed by atoms with E-state index in [2.05, 4.69) is 17.9 Å². The summed E-state index contributed by atoms with van der Waals surface area (Å²) >= 11 is 0. The number of rotatable bonds is 5. The number of aliphatic hydroxyl groups is 1. The molecular weight excluding hydrogens is 254 g/mol. The quantitative estimate of drug-likeness (QED) is 0.892. The van der Waals surface area contributed by atoms with Crippen LogP contribution >= 0.6 is 0 Å². The van der Waals surface area contributed by atoms with E-state index in [9.17, 15) is 5.11 Å². The summed E-state index contributed by atoms with van der Waals surface area (Å²) in [6.07, 6.45) is -0.226. The molecule has 1 N–H and O–H groups in total. The monoisotopic (exact) mass is 279 g/mol. The second-order valence-electron chi connectivity index (χ2n) is 5.67. The SMILES string of the molecule is Cc1ccc(C)c(OC[C@H](O)CN2CCO[C@H](C)C2)c1. The van der Waals surface area contributed by atoms with Crippen LogP contribution in [0.1, 0.15) is 18.1 Å². The third-order valence-electron chi connectivity index (χ3n) is 3.57. The number of hydrogen-bond donors (Lipinski definition) is 1. The molecule has 1 fully saturated rings. The topological polar surface area (TPSA) is 41.9 Å². The molecule has 0 bridgehead atoms. The number of aliphatic hydroxyl groups excluding tert-OH is 1. The molecule has 4 heteroatoms. The standard InChI is InChI=1S/C16H25NO3/c1-12-4-5-13(2)16(8-12)20-11-15(18)10-17-6-7-19-14(3)9-17/h4-5,8,14-15,18H,6-7,9-11H2,1-3H3/t14-,15-/m1/s1. The minimum atomic E-state index is -0.472. The predicted molar refractivity (Wildman–Crippen MR) is 79.3 cm³/mol. The fourth-order valence-corrected chi connectivity index (χ4v) is 2.46. The van der Waals surface area contributed by atoms with Crippen molar-refractivity contribution >= 4 is 0 Å². The van der Waals surface area contributed by atoms with Gasteiger partial charge in [0.15, 0.2) is 0 Å². The van der Waals surface area contributed by atoms with Gasteiger partial charge in [0, 0.05) is 19.6 Å². The van der Waals surface area contributed by atoms with E-state index in [1.807, 2.05) is 26.0 Å². The van der Waals surface area contributed by atoms with Crippen molar-refractivity contribution in [2.24, 2.45) is 0 Å². The van der Waals surface area contributed by atoms with Crippen LogP contribution in [0.4, 0.5) is 0 Å². The van der Waals surface area contributed by atoms with E-state index in [1.54, 1.807) is 0 Å². The fraction of sp³-hybridized carbons (Fsp3) is 0.625. The summed E-state index contributed by atoms with van der Waals surface area (Å²) in [5.74, 6) is 0.861. The lowest BCUT2D eigenvalue weighted by Crippen LogP contribution is -2.45. The first kappa shape index (κ1) is 15.3. The first-order chi connectivity index (χ1) is 9.54. The van der Waals surface area contributed by atoms with Crippen molar-refractivity contribution in [2.45, 2.75) is 33.0 Å². The predicted octanol–water partition coefficient (Wildman–Crippen LogP) is 1.76. The summed E-state index contributed by atoms with van der Waals surface area (Å²) in [5, 5.41) is 10.1. The number of β-amino-alcohol motifs (C(OH)–C–C–N with tert-alkyl or cyclic N) is 1. The molecule has 1 aliphatic rings. The van der Waals surface area contributed by atoms with Gasteiger partial charge in [0.2, 0.25) is 0 Å². The molecule has 1 aliphatic heterocycles. The molecule has 2 atom stereocenters. The first-order valence-corrected chi connectivity index (χ1v) is 7.26. The Morgan fingerprint density at radius 3 is 3.00 bits per heavy atom. The Morgan fingerprint density at radius 1 is 1.45 bits per heavy atom. The van der Waals surface area contributed by atoms with Crippen LogP contribution in [-0.2, 0) is 4.74 Å². The van der Waals surface area contributed by atoms with Crippen molar-refractivity contribution in [3.8, 4) is 5.75 Å². The Balaban J connectivity index is 1.79. The zero-order chi connectivity index (χ0) is 14.5. The molecule has 1 saturated heterocycles. The zero-order valence-electron chi connectivity index (χ0n) is 12.6. The number of aryl methyl sites for hydroxylation is 2. The van der Waals surface area contributed by atoms with Gasteiger partial charge in [0.1, 0.15) is 18.5 Å². The highest BCUT2D eigenvalue weighted by Crippen LogP contribution is 2.19. The van der Waals surface area contributed by atoms with Crippen LogP contribution in [0.5, 0.6) is 5.75 Å². The summed E-state index contributed by atoms with van der Waals surface area (Å²) in [4.78, 5) is 2.23. The molecule has 2 rings (SSSR count). The smallest absolute Gasteiger partial charge is 0.122 e. The molecule has 0 aromatic heterocycles. The highest BCUT2D eigenvalue weighted by molar-refractivity contribution is 5.35. The van der Waals surface area contributed by atoms with Crippen molar-refractivity contribution in [3.05, 3.63) is 29.3 Å². The van der Waals surface area contributed by atoms with Gasteiger partial charge in [-0.1, -0.05) is 12.1 Å². The molecule has 1 heterocycles. The number of hydrogen-bond acceptors (Lipinski definition) is 4. The van der Waals surface area contributed by atoms with Crippen molar-refractivity contribution in [1.29, 1.82) is 0 Å². The Hall–Kier alpha value is -1.10. The van der Waals surface area contributed by atoms with Crippen LogP contribution in [0.3, 0.4) is 0 Å². The lowest BCUT2D eigenvalue weighted by molar-refractivity contribution is -0.0361. The van der Waals surface area contributed by atoms with E-state index in [4.69, 9.17) is 9.47 Å². The maximum absolute atomic E-state index is 10.1. The summed E-state index contributed by atoms with van der Waals surface area (Å²) < 4.78 is 11.2. The number of benzene rings is 1. The number of nitrogens with zero attached hydrogens (tertiary/aromatic N) is 1. The number of morpholine rings is 1. The Bertz CT molecular complexity index is 436. The van der Waals surface area contributed by atoms with Crippen LogP contribution in [0.2, 0.25) is 0 Å². The van der Waals surface area contributed by atoms with Crippen molar-refractivity contribution in [1.82, 2.24) is 4.90 Å². The molecule has 0 radical (unpaired) electrons. The molecule has 20 heavy (non-hydrogen) atoms. The van der Waals surface area contributed by atoms with Gasteiger partial charge in [0.05, 0.1) is 12.7 Å². The Morgan fingerprint density at radius 2 is 2.25 bits per heavy atom. The van der Waals surface area contributed by atoms with Crippen LogP contribution in [0.15, 0.2) is 18.2 Å². The second-order valence-corrected chi connectivity index (χ2v) is 5.67. The maximum atomic E-state index is 10.1. The van der Waals surface area contributed by atoms with Gasteiger partial charge in [-0.3, -0.25) is 4.90 Å². The van der Waals surface area contributed by atoms with Crippen LogP contribution < -0.4 is 4.74 Å². The van der Waals surface area contributed by atoms with E-state index >= 15 is 0 Å². The van der Waals surface area contributed by atoms with Gasteiger partial charge in [-0.15, -0.1) is 0 Å². The lowest BCUT2D eigenvalue weighted by atomic mass is 10.1. The highest BCUT2D eigenvalue weighted by Gasteiger charge is 2.19. The van der Waals surface area contributed by atoms with Crippen LogP contribution in [0.25, 0.3) is 0 Å². The van der Waals surface area contributed by atoms with Gasteiger partial charge in [-0.2, -0.15) is 0 Å². The van der Waals surface area contributed by atoms with Gasteiger partial charge in [0.25, 0.3) is 0 Å². The minimum Gasteiger partial charge on any atom is -0.491 e. The summed E-state index contributed by atoms with van der Waals surface area (Å²) in [5.41, 5.74) is 2.27. The van der Waals surface area contributed by atoms with E-state index < -0.39 is 6.10 Å². The lowest BCUT2D eigenvalue weighted by Gasteiger charge is -2.32. The molecule has 0 unspecified atom stereocenters. The van der Waals surface area contributed by atoms with Crippen molar-refractivity contribution < 1.29 is 14.6 Å². The Labute approximate surface area is 121 Å². The molecule has 0 saturated carbocycles. The normalized spacial score (nSPS) is 21.7. The molecule has 1 aromatic rings. The molecule has 0 amide bonds. The molecule has 0 spiro atoms. The maximum Gasteiger partial charge on any atom is 0.122 e. The number of ether oxygens (including phenoxy) is 2. The van der Waals surface area contributed by atoms with Gasteiger partial charge in [-0.25, -0.2) is 0 Å². The van der Waals surface area contributed by atoms with E-state index in [0.29, 0.717) is 13.2 Å². The summed E-state index contributed by atoms with van der Waals surface area (Å²) in [6.45, 7) is 9.58. The minimum absolute atomic E-state index is 0.246. The molecule has 112 valence electrons. The average Bonchev–Trinajstić information content (AvgIpc) is 2.40. The molecular formula is C16H25NO3. The Kier molecular flexibility index (Phi) is 5.40. The molecule has 1 aromatic carbocycles. The van der Waals surface area contributed by atoms with Gasteiger partial charge < -0.3 is 14.6 Å². The largest absolute Gasteiger partial charge is 0.491 e. The van der Waals surface area contributed by atoms with Gasteiger partial charge >= 0.3 is 0 Å². The zero-order valence-corrected chi connectivity index (χ0v) is 12.6. The van der Waals surface area contributed by atoms with E-state index in [0.717, 1.165) is 31.0 Å². The third kappa shape index (κ3) is 4.47. The summed E-state index contributed by atoms with van der Waals surface area (Å²) in [7, 11) is 0. The van der Waals surface area contributed by atoms with Gasteiger partial charge in [-0.05, 0) is 38.0 Å². The van der Waals surface area contributed by atoms with Crippen LogP contribution in [-0.4, -0.2) is 55.1 Å². The van der Waals surface area contributed by atoms with Crippen LogP contribution in [0, 0.1) is 13.8 Å². The van der Waals surface area contributed by atoms with E-state index in [-0.39, 0.29) is 6.10 Å². The summed E-state index contributed by atoms with van der Waals surface area (Å²) in [6, 6.07) is 6.12. The second kappa shape index (κ2) is 7.07. The van der Waals surface area contributed by atoms with Crippen molar-refractivity contribution in [3.63, 3.8) is 0 Å². The highest BCUT2D eigenvalue weighted by atomic mass is 16.5. The van der Waals surface area contributed by atoms with E-state index in [1.165, 1.54) is 5.56 Å². The average molecular weight is 279 g/mol. The molecule has 4 nitrogen and oxygen atoms in total.